The average molecular weight is 349 g/mol. The SMILES string of the molecule is CC(CCNC(=O)NC1CCOC2(CCSC2)C1)c1ccccc1. The molecular formula is C19H28N2O2S. The number of nitrogens with one attached hydrogen (secondary N) is 2. The fourth-order valence-electron chi connectivity index (χ4n) is 3.60. The number of carbonyl (C=O) groups excluding carboxylic acids is 1. The summed E-state index contributed by atoms with van der Waals surface area (Å²) in [6, 6.07) is 10.7. The molecule has 2 amide bonds. The smallest absolute Gasteiger partial charge is 0.315 e. The Kier molecular flexibility index (Phi) is 6.06. The molecule has 0 aliphatic carbocycles. The van der Waals surface area contributed by atoms with Gasteiger partial charge in [0.05, 0.1) is 5.60 Å². The van der Waals surface area contributed by atoms with Crippen LogP contribution in [-0.2, 0) is 4.74 Å². The molecule has 3 atom stereocenters. The summed E-state index contributed by atoms with van der Waals surface area (Å²) >= 11 is 1.96. The fourth-order valence-corrected chi connectivity index (χ4v) is 4.98. The highest BCUT2D eigenvalue weighted by atomic mass is 32.2. The van der Waals surface area contributed by atoms with Crippen LogP contribution >= 0.6 is 11.8 Å². The zero-order valence-corrected chi connectivity index (χ0v) is 15.2. The van der Waals surface area contributed by atoms with Crippen LogP contribution in [0.25, 0.3) is 0 Å². The van der Waals surface area contributed by atoms with Gasteiger partial charge in [0.25, 0.3) is 0 Å². The quantitative estimate of drug-likeness (QED) is 0.856. The Bertz CT molecular complexity index is 531. The normalized spacial score (nSPS) is 27.8. The van der Waals surface area contributed by atoms with Crippen molar-refractivity contribution in [3.05, 3.63) is 35.9 Å². The summed E-state index contributed by atoms with van der Waals surface area (Å²) in [5, 5.41) is 6.16. The average Bonchev–Trinajstić information content (AvgIpc) is 3.03. The van der Waals surface area contributed by atoms with Crippen LogP contribution in [0.2, 0.25) is 0 Å². The number of urea groups is 1. The van der Waals surface area contributed by atoms with Crippen molar-refractivity contribution in [1.29, 1.82) is 0 Å². The lowest BCUT2D eigenvalue weighted by molar-refractivity contribution is -0.0684. The summed E-state index contributed by atoms with van der Waals surface area (Å²) in [6.45, 7) is 3.66. The summed E-state index contributed by atoms with van der Waals surface area (Å²) in [4.78, 5) is 12.2. The van der Waals surface area contributed by atoms with Crippen molar-refractivity contribution in [1.82, 2.24) is 10.6 Å². The molecule has 5 heteroatoms. The molecule has 3 unspecified atom stereocenters. The van der Waals surface area contributed by atoms with Gasteiger partial charge in [-0.05, 0) is 42.9 Å². The van der Waals surface area contributed by atoms with E-state index in [4.69, 9.17) is 4.74 Å². The maximum atomic E-state index is 12.2. The van der Waals surface area contributed by atoms with Crippen molar-refractivity contribution in [3.63, 3.8) is 0 Å². The van der Waals surface area contributed by atoms with Crippen LogP contribution in [0.3, 0.4) is 0 Å². The van der Waals surface area contributed by atoms with Crippen molar-refractivity contribution in [2.24, 2.45) is 0 Å². The number of ether oxygens (including phenoxy) is 1. The third-order valence-corrected chi connectivity index (χ3v) is 6.35. The zero-order chi connectivity index (χ0) is 16.8. The third-order valence-electron chi connectivity index (χ3n) is 5.13. The second kappa shape index (κ2) is 8.26. The van der Waals surface area contributed by atoms with Crippen LogP contribution < -0.4 is 10.6 Å². The largest absolute Gasteiger partial charge is 0.374 e. The first-order valence-corrected chi connectivity index (χ1v) is 10.1. The van der Waals surface area contributed by atoms with Crippen molar-refractivity contribution in [2.45, 2.75) is 50.2 Å². The molecule has 0 aromatic heterocycles. The molecule has 2 aliphatic heterocycles. The fraction of sp³-hybridized carbons (Fsp3) is 0.632. The minimum absolute atomic E-state index is 0.0166. The van der Waals surface area contributed by atoms with E-state index >= 15 is 0 Å². The van der Waals surface area contributed by atoms with E-state index in [1.54, 1.807) is 0 Å². The van der Waals surface area contributed by atoms with Gasteiger partial charge in [0, 0.05) is 24.9 Å². The second-order valence-electron chi connectivity index (χ2n) is 7.02. The van der Waals surface area contributed by atoms with Crippen LogP contribution in [0.5, 0.6) is 0 Å². The first-order chi connectivity index (χ1) is 11.7. The zero-order valence-electron chi connectivity index (χ0n) is 14.4. The molecule has 24 heavy (non-hydrogen) atoms. The van der Waals surface area contributed by atoms with E-state index < -0.39 is 0 Å². The van der Waals surface area contributed by atoms with Gasteiger partial charge >= 0.3 is 6.03 Å². The Hall–Kier alpha value is -1.20. The van der Waals surface area contributed by atoms with Crippen molar-refractivity contribution in [2.75, 3.05) is 24.7 Å². The summed E-state index contributed by atoms with van der Waals surface area (Å²) in [5.41, 5.74) is 1.34. The highest BCUT2D eigenvalue weighted by Crippen LogP contribution is 2.38. The van der Waals surface area contributed by atoms with Crippen molar-refractivity contribution >= 4 is 17.8 Å². The van der Waals surface area contributed by atoms with Crippen LogP contribution in [0.4, 0.5) is 4.79 Å². The van der Waals surface area contributed by atoms with E-state index in [1.165, 1.54) is 11.3 Å². The molecule has 2 saturated heterocycles. The lowest BCUT2D eigenvalue weighted by atomic mass is 9.90. The molecule has 1 spiro atoms. The van der Waals surface area contributed by atoms with Gasteiger partial charge in [-0.25, -0.2) is 4.79 Å². The number of carbonyl (C=O) groups is 1. The first-order valence-electron chi connectivity index (χ1n) is 8.98. The van der Waals surface area contributed by atoms with Crippen LogP contribution in [0.1, 0.15) is 44.1 Å². The molecule has 0 saturated carbocycles. The molecule has 2 aliphatic rings. The van der Waals surface area contributed by atoms with Crippen LogP contribution in [0, 0.1) is 0 Å². The predicted molar refractivity (Wildman–Crippen MR) is 99.7 cm³/mol. The van der Waals surface area contributed by atoms with Crippen LogP contribution in [0.15, 0.2) is 30.3 Å². The molecule has 2 fully saturated rings. The summed E-state index contributed by atoms with van der Waals surface area (Å²) < 4.78 is 6.01. The third kappa shape index (κ3) is 4.67. The Balaban J connectivity index is 1.38. The molecule has 2 N–H and O–H groups in total. The Morgan fingerprint density at radius 3 is 3.00 bits per heavy atom. The molecule has 3 rings (SSSR count). The van der Waals surface area contributed by atoms with Gasteiger partial charge in [-0.1, -0.05) is 37.3 Å². The van der Waals surface area contributed by atoms with E-state index in [1.807, 2.05) is 17.8 Å². The summed E-state index contributed by atoms with van der Waals surface area (Å²) in [6.07, 6.45) is 3.94. The molecule has 2 heterocycles. The number of benzene rings is 1. The molecule has 4 nitrogen and oxygen atoms in total. The summed E-state index contributed by atoms with van der Waals surface area (Å²) in [7, 11) is 0. The highest BCUT2D eigenvalue weighted by Gasteiger charge is 2.40. The first kappa shape index (κ1) is 17.6. The molecular weight excluding hydrogens is 320 g/mol. The highest BCUT2D eigenvalue weighted by molar-refractivity contribution is 7.99. The van der Waals surface area contributed by atoms with Crippen molar-refractivity contribution < 1.29 is 9.53 Å². The van der Waals surface area contributed by atoms with Gasteiger partial charge in [-0.15, -0.1) is 0 Å². The lowest BCUT2D eigenvalue weighted by Gasteiger charge is -2.38. The number of hydrogen-bond donors (Lipinski definition) is 2. The number of hydrogen-bond acceptors (Lipinski definition) is 3. The van der Waals surface area contributed by atoms with Gasteiger partial charge in [0.1, 0.15) is 0 Å². The second-order valence-corrected chi connectivity index (χ2v) is 8.13. The van der Waals surface area contributed by atoms with Gasteiger partial charge < -0.3 is 15.4 Å². The molecule has 1 aromatic carbocycles. The molecule has 0 radical (unpaired) electrons. The maximum absolute atomic E-state index is 12.2. The number of rotatable bonds is 5. The molecule has 1 aromatic rings. The van der Waals surface area contributed by atoms with Gasteiger partial charge in [-0.3, -0.25) is 0 Å². The van der Waals surface area contributed by atoms with Gasteiger partial charge in [0.2, 0.25) is 0 Å². The van der Waals surface area contributed by atoms with E-state index in [-0.39, 0.29) is 17.7 Å². The van der Waals surface area contributed by atoms with Crippen LogP contribution in [-0.4, -0.2) is 42.3 Å². The predicted octanol–water partition coefficient (Wildman–Crippen LogP) is 3.53. The monoisotopic (exact) mass is 348 g/mol. The molecule has 0 bridgehead atoms. The van der Waals surface area contributed by atoms with E-state index in [9.17, 15) is 4.79 Å². The number of thioether (sulfide) groups is 1. The lowest BCUT2D eigenvalue weighted by Crippen LogP contribution is -2.51. The van der Waals surface area contributed by atoms with Crippen molar-refractivity contribution in [3.8, 4) is 0 Å². The minimum Gasteiger partial charge on any atom is -0.374 e. The Labute approximate surface area is 149 Å². The maximum Gasteiger partial charge on any atom is 0.315 e. The van der Waals surface area contributed by atoms with Gasteiger partial charge in [-0.2, -0.15) is 11.8 Å². The van der Waals surface area contributed by atoms with E-state index in [0.29, 0.717) is 12.5 Å². The van der Waals surface area contributed by atoms with Gasteiger partial charge in [0.15, 0.2) is 0 Å². The topological polar surface area (TPSA) is 50.4 Å². The standard InChI is InChI=1S/C19H28N2O2S/c1-15(16-5-3-2-4-6-16)7-10-20-18(22)21-17-8-11-23-19(13-17)9-12-24-14-19/h2-6,15,17H,7-14H2,1H3,(H2,20,21,22). The summed E-state index contributed by atoms with van der Waals surface area (Å²) in [5.74, 6) is 2.70. The minimum atomic E-state index is -0.0389. The van der Waals surface area contributed by atoms with E-state index in [0.717, 1.165) is 38.0 Å². The Morgan fingerprint density at radius 1 is 1.42 bits per heavy atom. The number of amides is 2. The Morgan fingerprint density at radius 2 is 2.25 bits per heavy atom. The van der Waals surface area contributed by atoms with E-state index in [2.05, 4.69) is 41.8 Å². The molecule has 132 valence electrons.